The van der Waals surface area contributed by atoms with Gasteiger partial charge in [-0.25, -0.2) is 0 Å². The third kappa shape index (κ3) is 1.75. The number of phenolic OH excluding ortho intramolecular Hbond substituents is 1. The maximum Gasteiger partial charge on any atom is 0.117 e. The van der Waals surface area contributed by atoms with Gasteiger partial charge in [0.15, 0.2) is 0 Å². The lowest BCUT2D eigenvalue weighted by molar-refractivity contribution is 0.0786. The Morgan fingerprint density at radius 2 is 2.15 bits per heavy atom. The van der Waals surface area contributed by atoms with Gasteiger partial charge in [-0.15, -0.1) is 0 Å². The number of aliphatic hydroxyl groups excluding tert-OH is 1. The average Bonchev–Trinajstić information content (AvgIpc) is 2.12. The number of nitrogens with one attached hydrogen (secondary N) is 1. The maximum absolute atomic E-state index is 9.31. The van der Waals surface area contributed by atoms with Gasteiger partial charge in [0.1, 0.15) is 5.75 Å². The molecule has 0 spiro atoms. The number of hydrogen-bond donors (Lipinski definition) is 3. The van der Waals surface area contributed by atoms with Gasteiger partial charge in [0.05, 0.1) is 12.1 Å². The number of benzene rings is 1. The van der Waals surface area contributed by atoms with Crippen LogP contribution in [0.5, 0.6) is 5.75 Å². The quantitative estimate of drug-likeness (QED) is 0.642. The number of aromatic hydroxyl groups is 1. The summed E-state index contributed by atoms with van der Waals surface area (Å²) in [6, 6.07) is 7.10. The van der Waals surface area contributed by atoms with Crippen molar-refractivity contribution in [2.24, 2.45) is 0 Å². The number of rotatable bonds is 2. The molecule has 3 N–H and O–H groups in total. The molecule has 3 heteroatoms. The zero-order chi connectivity index (χ0) is 9.26. The van der Waals surface area contributed by atoms with Crippen molar-refractivity contribution in [2.45, 2.75) is 25.0 Å². The van der Waals surface area contributed by atoms with Gasteiger partial charge in [-0.3, -0.25) is 0 Å². The first-order valence-electron chi connectivity index (χ1n) is 4.49. The van der Waals surface area contributed by atoms with E-state index in [1.54, 1.807) is 18.2 Å². The van der Waals surface area contributed by atoms with Gasteiger partial charge in [-0.1, -0.05) is 6.07 Å². The van der Waals surface area contributed by atoms with E-state index in [2.05, 4.69) is 5.32 Å². The topological polar surface area (TPSA) is 52.5 Å². The van der Waals surface area contributed by atoms with Gasteiger partial charge in [0, 0.05) is 11.8 Å². The summed E-state index contributed by atoms with van der Waals surface area (Å²) < 4.78 is 0. The molecule has 1 aromatic rings. The Morgan fingerprint density at radius 1 is 1.31 bits per heavy atom. The van der Waals surface area contributed by atoms with Gasteiger partial charge in [-0.2, -0.15) is 0 Å². The van der Waals surface area contributed by atoms with Crippen LogP contribution in [0, 0.1) is 0 Å². The van der Waals surface area contributed by atoms with Crippen molar-refractivity contribution in [3.63, 3.8) is 0 Å². The highest BCUT2D eigenvalue weighted by Gasteiger charge is 2.28. The SMILES string of the molecule is Oc1cccc(NC2CCC2O)c1. The van der Waals surface area contributed by atoms with E-state index in [-0.39, 0.29) is 17.9 Å². The normalized spacial score (nSPS) is 26.5. The highest BCUT2D eigenvalue weighted by Crippen LogP contribution is 2.25. The first kappa shape index (κ1) is 8.38. The molecule has 0 aromatic heterocycles. The van der Waals surface area contributed by atoms with Gasteiger partial charge in [-0.05, 0) is 25.0 Å². The molecule has 2 rings (SSSR count). The summed E-state index contributed by atoms with van der Waals surface area (Å²) >= 11 is 0. The van der Waals surface area contributed by atoms with Crippen molar-refractivity contribution in [1.29, 1.82) is 0 Å². The second-order valence-electron chi connectivity index (χ2n) is 3.45. The summed E-state index contributed by atoms with van der Waals surface area (Å²) in [6.07, 6.45) is 1.63. The molecule has 1 fully saturated rings. The molecule has 0 radical (unpaired) electrons. The van der Waals surface area contributed by atoms with E-state index in [9.17, 15) is 10.2 Å². The summed E-state index contributed by atoms with van der Waals surface area (Å²) in [6.45, 7) is 0. The Bertz CT molecular complexity index is 301. The molecule has 1 aromatic carbocycles. The average molecular weight is 179 g/mol. The van der Waals surface area contributed by atoms with E-state index >= 15 is 0 Å². The van der Waals surface area contributed by atoms with Crippen LogP contribution in [0.2, 0.25) is 0 Å². The van der Waals surface area contributed by atoms with Gasteiger partial charge in [0.2, 0.25) is 0 Å². The van der Waals surface area contributed by atoms with Crippen LogP contribution >= 0.6 is 0 Å². The predicted molar refractivity (Wildman–Crippen MR) is 50.8 cm³/mol. The molecule has 0 amide bonds. The van der Waals surface area contributed by atoms with Crippen LogP contribution in [0.25, 0.3) is 0 Å². The standard InChI is InChI=1S/C10H13NO2/c12-8-3-1-2-7(6-8)11-9-4-5-10(9)13/h1-3,6,9-13H,4-5H2. The van der Waals surface area contributed by atoms with Crippen LogP contribution in [-0.2, 0) is 0 Å². The highest BCUT2D eigenvalue weighted by atomic mass is 16.3. The van der Waals surface area contributed by atoms with Crippen LogP contribution in [0.1, 0.15) is 12.8 Å². The summed E-state index contributed by atoms with van der Waals surface area (Å²) in [5.41, 5.74) is 0.865. The smallest absolute Gasteiger partial charge is 0.117 e. The minimum absolute atomic E-state index is 0.154. The van der Waals surface area contributed by atoms with E-state index in [1.807, 2.05) is 6.07 Å². The van der Waals surface area contributed by atoms with E-state index < -0.39 is 0 Å². The fourth-order valence-corrected chi connectivity index (χ4v) is 1.46. The number of phenols is 1. The summed E-state index contributed by atoms with van der Waals surface area (Å²) in [4.78, 5) is 0. The second kappa shape index (κ2) is 3.26. The molecule has 13 heavy (non-hydrogen) atoms. The second-order valence-corrected chi connectivity index (χ2v) is 3.45. The zero-order valence-electron chi connectivity index (χ0n) is 7.27. The van der Waals surface area contributed by atoms with Crippen molar-refractivity contribution in [3.8, 4) is 5.75 Å². The molecular weight excluding hydrogens is 166 g/mol. The third-order valence-corrected chi connectivity index (χ3v) is 2.44. The number of hydrogen-bond acceptors (Lipinski definition) is 3. The Hall–Kier alpha value is -1.22. The number of aliphatic hydroxyl groups is 1. The molecule has 70 valence electrons. The lowest BCUT2D eigenvalue weighted by atomic mass is 9.89. The van der Waals surface area contributed by atoms with Gasteiger partial charge >= 0.3 is 0 Å². The van der Waals surface area contributed by atoms with Crippen molar-refractivity contribution in [2.75, 3.05) is 5.32 Å². The van der Waals surface area contributed by atoms with Crippen LogP contribution in [0.3, 0.4) is 0 Å². The zero-order valence-corrected chi connectivity index (χ0v) is 7.27. The van der Waals surface area contributed by atoms with Gasteiger partial charge in [0.25, 0.3) is 0 Å². The first-order chi connectivity index (χ1) is 6.25. The monoisotopic (exact) mass is 179 g/mol. The van der Waals surface area contributed by atoms with Crippen LogP contribution in [0.4, 0.5) is 5.69 Å². The fourth-order valence-electron chi connectivity index (χ4n) is 1.46. The summed E-state index contributed by atoms with van der Waals surface area (Å²) in [5, 5.41) is 21.7. The molecule has 1 aliphatic rings. The molecule has 2 atom stereocenters. The first-order valence-corrected chi connectivity index (χ1v) is 4.49. The molecule has 2 unspecified atom stereocenters. The molecule has 0 saturated heterocycles. The van der Waals surface area contributed by atoms with Crippen LogP contribution in [0.15, 0.2) is 24.3 Å². The molecule has 0 aliphatic heterocycles. The molecule has 1 aliphatic carbocycles. The van der Waals surface area contributed by atoms with E-state index in [0.29, 0.717) is 0 Å². The van der Waals surface area contributed by atoms with Crippen molar-refractivity contribution in [1.82, 2.24) is 0 Å². The molecule has 0 heterocycles. The van der Waals surface area contributed by atoms with E-state index in [4.69, 9.17) is 0 Å². The Morgan fingerprint density at radius 3 is 2.69 bits per heavy atom. The molecular formula is C10H13NO2. The number of anilines is 1. The Kier molecular flexibility index (Phi) is 2.10. The van der Waals surface area contributed by atoms with Gasteiger partial charge < -0.3 is 15.5 Å². The largest absolute Gasteiger partial charge is 0.508 e. The lowest BCUT2D eigenvalue weighted by Crippen LogP contribution is -2.42. The van der Waals surface area contributed by atoms with Crippen molar-refractivity contribution in [3.05, 3.63) is 24.3 Å². The minimum atomic E-state index is -0.234. The lowest BCUT2D eigenvalue weighted by Gasteiger charge is -2.33. The molecule has 1 saturated carbocycles. The summed E-state index contributed by atoms with van der Waals surface area (Å²) in [7, 11) is 0. The fraction of sp³-hybridized carbons (Fsp3) is 0.400. The van der Waals surface area contributed by atoms with E-state index in [0.717, 1.165) is 18.5 Å². The van der Waals surface area contributed by atoms with E-state index in [1.165, 1.54) is 0 Å². The highest BCUT2D eigenvalue weighted by molar-refractivity contribution is 5.48. The van der Waals surface area contributed by atoms with Crippen LogP contribution in [-0.4, -0.2) is 22.4 Å². The third-order valence-electron chi connectivity index (χ3n) is 2.44. The predicted octanol–water partition coefficient (Wildman–Crippen LogP) is 1.33. The van der Waals surface area contributed by atoms with Crippen molar-refractivity contribution >= 4 is 5.69 Å². The van der Waals surface area contributed by atoms with Crippen molar-refractivity contribution < 1.29 is 10.2 Å². The minimum Gasteiger partial charge on any atom is -0.508 e. The van der Waals surface area contributed by atoms with Crippen LogP contribution < -0.4 is 5.32 Å². The Labute approximate surface area is 77.0 Å². The molecule has 3 nitrogen and oxygen atoms in total. The Balaban J connectivity index is 2.01. The summed E-state index contributed by atoms with van der Waals surface area (Å²) in [5.74, 6) is 0.249. The maximum atomic E-state index is 9.31. The molecule has 0 bridgehead atoms.